The third-order valence-corrected chi connectivity index (χ3v) is 5.25. The van der Waals surface area contributed by atoms with Crippen LogP contribution in [0.4, 0.5) is 0 Å². The fourth-order valence-electron chi connectivity index (χ4n) is 3.92. The van der Waals surface area contributed by atoms with E-state index in [0.717, 1.165) is 37.9 Å². The molecule has 0 unspecified atom stereocenters. The van der Waals surface area contributed by atoms with Gasteiger partial charge in [-0.3, -0.25) is 9.59 Å². The van der Waals surface area contributed by atoms with Gasteiger partial charge in [-0.2, -0.15) is 0 Å². The Hall–Kier alpha value is -1.92. The van der Waals surface area contributed by atoms with Gasteiger partial charge < -0.3 is 14.8 Å². The summed E-state index contributed by atoms with van der Waals surface area (Å²) in [6.07, 6.45) is 10.6. The molecule has 24 heavy (non-hydrogen) atoms. The van der Waals surface area contributed by atoms with E-state index < -0.39 is 0 Å². The Morgan fingerprint density at radius 3 is 2.67 bits per heavy atom. The van der Waals surface area contributed by atoms with Crippen molar-refractivity contribution in [3.05, 3.63) is 12.2 Å². The second-order valence-electron chi connectivity index (χ2n) is 6.89. The molecule has 1 aromatic heterocycles. The zero-order valence-electron chi connectivity index (χ0n) is 14.4. The monoisotopic (exact) mass is 333 g/mol. The first kappa shape index (κ1) is 16.9. The fourth-order valence-corrected chi connectivity index (χ4v) is 3.92. The van der Waals surface area contributed by atoms with E-state index >= 15 is 0 Å². The van der Waals surface area contributed by atoms with Gasteiger partial charge in [0.05, 0.1) is 6.54 Å². The van der Waals surface area contributed by atoms with Crippen LogP contribution in [0.15, 0.2) is 6.33 Å². The molecular formula is C17H27N5O2. The van der Waals surface area contributed by atoms with E-state index in [0.29, 0.717) is 19.1 Å². The van der Waals surface area contributed by atoms with Crippen molar-refractivity contribution in [3.63, 3.8) is 0 Å². The molecule has 0 radical (unpaired) electrons. The Labute approximate surface area is 142 Å². The van der Waals surface area contributed by atoms with Crippen molar-refractivity contribution in [2.24, 2.45) is 0 Å². The van der Waals surface area contributed by atoms with Crippen molar-refractivity contribution < 1.29 is 9.59 Å². The molecule has 3 rings (SSSR count). The molecule has 2 aliphatic rings. The highest BCUT2D eigenvalue weighted by Gasteiger charge is 2.30. The van der Waals surface area contributed by atoms with E-state index in [1.54, 1.807) is 11.2 Å². The van der Waals surface area contributed by atoms with Crippen LogP contribution in [-0.2, 0) is 16.1 Å². The van der Waals surface area contributed by atoms with Gasteiger partial charge in [-0.25, -0.2) is 0 Å². The molecule has 1 aliphatic carbocycles. The molecular weight excluding hydrogens is 306 g/mol. The van der Waals surface area contributed by atoms with Crippen LogP contribution in [0.3, 0.4) is 0 Å². The third kappa shape index (κ3) is 3.76. The van der Waals surface area contributed by atoms with Crippen LogP contribution in [0.2, 0.25) is 0 Å². The quantitative estimate of drug-likeness (QED) is 0.911. The minimum atomic E-state index is -0.345. The molecule has 2 heterocycles. The smallest absolute Gasteiger partial charge is 0.243 e. The lowest BCUT2D eigenvalue weighted by atomic mass is 9.95. The van der Waals surface area contributed by atoms with E-state index in [1.807, 2.05) is 0 Å². The summed E-state index contributed by atoms with van der Waals surface area (Å²) in [5, 5.41) is 11.2. The highest BCUT2D eigenvalue weighted by Crippen LogP contribution is 2.28. The highest BCUT2D eigenvalue weighted by atomic mass is 16.2. The van der Waals surface area contributed by atoms with Gasteiger partial charge in [-0.1, -0.05) is 19.3 Å². The van der Waals surface area contributed by atoms with Crippen LogP contribution in [0.1, 0.15) is 70.2 Å². The van der Waals surface area contributed by atoms with Crippen LogP contribution in [0.5, 0.6) is 0 Å². The molecule has 1 atom stereocenters. The van der Waals surface area contributed by atoms with Crippen molar-refractivity contribution >= 4 is 11.8 Å². The first-order chi connectivity index (χ1) is 11.7. The average molecular weight is 333 g/mol. The molecule has 1 aliphatic heterocycles. The van der Waals surface area contributed by atoms with E-state index in [4.69, 9.17) is 0 Å². The summed E-state index contributed by atoms with van der Waals surface area (Å²) in [6, 6.07) is 0.103. The predicted octanol–water partition coefficient (Wildman–Crippen LogP) is 1.80. The Morgan fingerprint density at radius 1 is 1.17 bits per heavy atom. The molecule has 7 heteroatoms. The third-order valence-electron chi connectivity index (χ3n) is 5.25. The molecule has 1 N–H and O–H groups in total. The lowest BCUT2D eigenvalue weighted by Gasteiger charge is -2.34. The number of piperidine rings is 1. The SMILES string of the molecule is CC(=O)N1CCCC[C@@H]1C(=O)NCc1nncn1C1CCCCC1. The summed E-state index contributed by atoms with van der Waals surface area (Å²) in [4.78, 5) is 25.9. The van der Waals surface area contributed by atoms with Gasteiger partial charge >= 0.3 is 0 Å². The van der Waals surface area contributed by atoms with Gasteiger partial charge in [0.1, 0.15) is 12.4 Å². The molecule has 0 spiro atoms. The molecule has 0 aromatic carbocycles. The lowest BCUT2D eigenvalue weighted by Crippen LogP contribution is -2.51. The summed E-state index contributed by atoms with van der Waals surface area (Å²) in [7, 11) is 0. The van der Waals surface area contributed by atoms with E-state index in [2.05, 4.69) is 20.1 Å². The number of nitrogens with one attached hydrogen (secondary N) is 1. The largest absolute Gasteiger partial charge is 0.347 e. The summed E-state index contributed by atoms with van der Waals surface area (Å²) < 4.78 is 2.11. The van der Waals surface area contributed by atoms with Crippen LogP contribution in [0, 0.1) is 0 Å². The Bertz CT molecular complexity index is 579. The molecule has 0 bridgehead atoms. The Kier molecular flexibility index (Phi) is 5.48. The van der Waals surface area contributed by atoms with Crippen molar-refractivity contribution in [1.82, 2.24) is 25.0 Å². The number of nitrogens with zero attached hydrogens (tertiary/aromatic N) is 4. The summed E-state index contributed by atoms with van der Waals surface area (Å²) in [6.45, 7) is 2.58. The standard InChI is InChI=1S/C17H27N5O2/c1-13(23)21-10-6-5-9-15(21)17(24)18-11-16-20-19-12-22(16)14-7-3-2-4-8-14/h12,14-15H,2-11H2,1H3,(H,18,24)/t15-/m1/s1. The fraction of sp³-hybridized carbons (Fsp3) is 0.765. The van der Waals surface area contributed by atoms with E-state index in [9.17, 15) is 9.59 Å². The maximum atomic E-state index is 12.5. The van der Waals surface area contributed by atoms with Crippen molar-refractivity contribution in [3.8, 4) is 0 Å². The molecule has 132 valence electrons. The minimum Gasteiger partial charge on any atom is -0.347 e. The number of amides is 2. The van der Waals surface area contributed by atoms with Crippen molar-refractivity contribution in [1.29, 1.82) is 0 Å². The van der Waals surface area contributed by atoms with Gasteiger partial charge in [0.15, 0.2) is 5.82 Å². The number of carbonyl (C=O) groups excluding carboxylic acids is 2. The zero-order chi connectivity index (χ0) is 16.9. The number of carbonyl (C=O) groups is 2. The molecule has 1 aromatic rings. The van der Waals surface area contributed by atoms with Gasteiger partial charge in [-0.15, -0.1) is 10.2 Å². The van der Waals surface area contributed by atoms with Crippen LogP contribution in [-0.4, -0.2) is 44.1 Å². The summed E-state index contributed by atoms with van der Waals surface area (Å²) >= 11 is 0. The molecule has 2 amide bonds. The van der Waals surface area contributed by atoms with Crippen molar-refractivity contribution in [2.45, 2.75) is 76.9 Å². The van der Waals surface area contributed by atoms with E-state index in [-0.39, 0.29) is 17.9 Å². The van der Waals surface area contributed by atoms with Gasteiger partial charge in [0.25, 0.3) is 0 Å². The maximum absolute atomic E-state index is 12.5. The Balaban J connectivity index is 1.60. The number of hydrogen-bond donors (Lipinski definition) is 1. The molecule has 7 nitrogen and oxygen atoms in total. The lowest BCUT2D eigenvalue weighted by molar-refractivity contribution is -0.140. The maximum Gasteiger partial charge on any atom is 0.243 e. The average Bonchev–Trinajstić information content (AvgIpc) is 3.09. The number of aromatic nitrogens is 3. The number of rotatable bonds is 4. The Morgan fingerprint density at radius 2 is 1.92 bits per heavy atom. The highest BCUT2D eigenvalue weighted by molar-refractivity contribution is 5.87. The zero-order valence-corrected chi connectivity index (χ0v) is 14.4. The first-order valence-corrected chi connectivity index (χ1v) is 9.10. The number of hydrogen-bond acceptors (Lipinski definition) is 4. The van der Waals surface area contributed by atoms with Crippen molar-refractivity contribution in [2.75, 3.05) is 6.54 Å². The van der Waals surface area contributed by atoms with Gasteiger partial charge in [-0.05, 0) is 32.1 Å². The second-order valence-corrected chi connectivity index (χ2v) is 6.89. The molecule has 1 saturated heterocycles. The van der Waals surface area contributed by atoms with Crippen LogP contribution >= 0.6 is 0 Å². The van der Waals surface area contributed by atoms with Crippen LogP contribution in [0.25, 0.3) is 0 Å². The predicted molar refractivity (Wildman–Crippen MR) is 89.0 cm³/mol. The molecule has 2 fully saturated rings. The van der Waals surface area contributed by atoms with E-state index in [1.165, 1.54) is 26.2 Å². The topological polar surface area (TPSA) is 80.1 Å². The molecule has 1 saturated carbocycles. The summed E-state index contributed by atoms with van der Waals surface area (Å²) in [5.74, 6) is 0.698. The normalized spacial score (nSPS) is 22.4. The van der Waals surface area contributed by atoms with Crippen LogP contribution < -0.4 is 5.32 Å². The first-order valence-electron chi connectivity index (χ1n) is 9.10. The minimum absolute atomic E-state index is 0.0276. The second kappa shape index (κ2) is 7.77. The summed E-state index contributed by atoms with van der Waals surface area (Å²) in [5.41, 5.74) is 0. The van der Waals surface area contributed by atoms with Gasteiger partial charge in [0, 0.05) is 19.5 Å². The van der Waals surface area contributed by atoms with Gasteiger partial charge in [0.2, 0.25) is 11.8 Å². The number of likely N-dealkylation sites (tertiary alicyclic amines) is 1.